The first-order valence-corrected chi connectivity index (χ1v) is 7.61. The van der Waals surface area contributed by atoms with Crippen molar-refractivity contribution >= 4 is 11.9 Å². The van der Waals surface area contributed by atoms with Crippen molar-refractivity contribution in [3.8, 4) is 11.1 Å². The molecule has 0 aliphatic rings. The number of hydrogen-bond acceptors (Lipinski definition) is 4. The highest BCUT2D eigenvalue weighted by molar-refractivity contribution is 5.97. The van der Waals surface area contributed by atoms with Gasteiger partial charge in [-0.15, -0.1) is 0 Å². The molecule has 0 unspecified atom stereocenters. The van der Waals surface area contributed by atoms with Crippen molar-refractivity contribution in [1.29, 1.82) is 0 Å². The van der Waals surface area contributed by atoms with Gasteiger partial charge in [0.15, 0.2) is 0 Å². The predicted octanol–water partition coefficient (Wildman–Crippen LogP) is 4.02. The Labute approximate surface area is 136 Å². The summed E-state index contributed by atoms with van der Waals surface area (Å²) >= 11 is 0. The van der Waals surface area contributed by atoms with Crippen LogP contribution in [0, 0.1) is 6.92 Å². The fourth-order valence-corrected chi connectivity index (χ4v) is 2.20. The molecule has 120 valence electrons. The lowest BCUT2D eigenvalue weighted by Crippen LogP contribution is -2.09. The molecular weight excluding hydrogens is 292 g/mol. The van der Waals surface area contributed by atoms with Crippen LogP contribution in [0.4, 0.5) is 0 Å². The first-order chi connectivity index (χ1) is 11.0. The first kappa shape index (κ1) is 16.7. The van der Waals surface area contributed by atoms with Crippen molar-refractivity contribution < 1.29 is 19.1 Å². The van der Waals surface area contributed by atoms with Crippen molar-refractivity contribution in [2.24, 2.45) is 0 Å². The molecule has 4 nitrogen and oxygen atoms in total. The van der Waals surface area contributed by atoms with E-state index in [0.717, 1.165) is 16.7 Å². The normalized spacial score (nSPS) is 10.2. The summed E-state index contributed by atoms with van der Waals surface area (Å²) in [4.78, 5) is 24.1. The fraction of sp³-hybridized carbons (Fsp3) is 0.263. The molecule has 0 fully saturated rings. The van der Waals surface area contributed by atoms with Crippen LogP contribution in [-0.2, 0) is 9.47 Å². The van der Waals surface area contributed by atoms with Crippen LogP contribution in [0.5, 0.6) is 0 Å². The number of esters is 2. The Hall–Kier alpha value is -2.62. The van der Waals surface area contributed by atoms with Gasteiger partial charge in [-0.2, -0.15) is 0 Å². The van der Waals surface area contributed by atoms with Crippen LogP contribution in [0.2, 0.25) is 0 Å². The molecule has 0 atom stereocenters. The maximum absolute atomic E-state index is 12.0. The molecule has 0 aliphatic carbocycles. The number of carbonyl (C=O) groups excluding carboxylic acids is 2. The number of benzene rings is 2. The molecule has 2 aromatic carbocycles. The summed E-state index contributed by atoms with van der Waals surface area (Å²) in [6.45, 7) is 6.05. The summed E-state index contributed by atoms with van der Waals surface area (Å²) in [5.41, 5.74) is 3.52. The van der Waals surface area contributed by atoms with Gasteiger partial charge in [0.05, 0.1) is 24.3 Å². The van der Waals surface area contributed by atoms with Crippen LogP contribution in [0.25, 0.3) is 11.1 Å². The van der Waals surface area contributed by atoms with E-state index in [2.05, 4.69) is 0 Å². The van der Waals surface area contributed by atoms with Crippen molar-refractivity contribution in [3.63, 3.8) is 0 Å². The molecule has 2 aromatic rings. The molecule has 0 saturated carbocycles. The second kappa shape index (κ2) is 7.58. The monoisotopic (exact) mass is 312 g/mol. The van der Waals surface area contributed by atoms with E-state index in [9.17, 15) is 9.59 Å². The summed E-state index contributed by atoms with van der Waals surface area (Å²) < 4.78 is 10.1. The largest absolute Gasteiger partial charge is 0.462 e. The Balaban J connectivity index is 2.50. The molecule has 0 N–H and O–H groups in total. The lowest BCUT2D eigenvalue weighted by molar-refractivity contribution is 0.0525. The number of aryl methyl sites for hydroxylation is 1. The molecule has 0 amide bonds. The standard InChI is InChI=1S/C19H20O4/c1-4-22-18(20)16-10-15(14-8-6-13(3)7-9-14)11-17(12-16)19(21)23-5-2/h6-12H,4-5H2,1-3H3. The zero-order valence-corrected chi connectivity index (χ0v) is 13.6. The molecule has 0 spiro atoms. The summed E-state index contributed by atoms with van der Waals surface area (Å²) in [5, 5.41) is 0. The third kappa shape index (κ3) is 4.19. The fourth-order valence-electron chi connectivity index (χ4n) is 2.20. The molecule has 0 aliphatic heterocycles. The van der Waals surface area contributed by atoms with Gasteiger partial charge in [0, 0.05) is 0 Å². The number of rotatable bonds is 5. The maximum Gasteiger partial charge on any atom is 0.338 e. The Kier molecular flexibility index (Phi) is 5.52. The van der Waals surface area contributed by atoms with Gasteiger partial charge < -0.3 is 9.47 Å². The third-order valence-corrected chi connectivity index (χ3v) is 3.34. The molecule has 23 heavy (non-hydrogen) atoms. The quantitative estimate of drug-likeness (QED) is 0.783. The smallest absolute Gasteiger partial charge is 0.338 e. The van der Waals surface area contributed by atoms with Crippen LogP contribution in [0.3, 0.4) is 0 Å². The molecule has 0 radical (unpaired) electrons. The minimum Gasteiger partial charge on any atom is -0.462 e. The van der Waals surface area contributed by atoms with Gasteiger partial charge in [-0.25, -0.2) is 9.59 Å². The minimum absolute atomic E-state index is 0.280. The lowest BCUT2D eigenvalue weighted by Gasteiger charge is -2.10. The van der Waals surface area contributed by atoms with E-state index in [0.29, 0.717) is 11.1 Å². The second-order valence-electron chi connectivity index (χ2n) is 5.11. The van der Waals surface area contributed by atoms with E-state index in [-0.39, 0.29) is 13.2 Å². The van der Waals surface area contributed by atoms with E-state index in [4.69, 9.17) is 9.47 Å². The van der Waals surface area contributed by atoms with E-state index in [1.165, 1.54) is 6.07 Å². The van der Waals surface area contributed by atoms with E-state index in [1.54, 1.807) is 26.0 Å². The van der Waals surface area contributed by atoms with Gasteiger partial charge in [-0.05, 0) is 50.1 Å². The third-order valence-electron chi connectivity index (χ3n) is 3.34. The number of hydrogen-bond donors (Lipinski definition) is 0. The Morgan fingerprint density at radius 1 is 0.783 bits per heavy atom. The van der Waals surface area contributed by atoms with Gasteiger partial charge in [-0.1, -0.05) is 29.8 Å². The second-order valence-corrected chi connectivity index (χ2v) is 5.11. The average molecular weight is 312 g/mol. The van der Waals surface area contributed by atoms with Gasteiger partial charge in [0.2, 0.25) is 0 Å². The van der Waals surface area contributed by atoms with Gasteiger partial charge >= 0.3 is 11.9 Å². The molecule has 0 saturated heterocycles. The van der Waals surface area contributed by atoms with Crippen LogP contribution >= 0.6 is 0 Å². The maximum atomic E-state index is 12.0. The molecule has 0 aromatic heterocycles. The highest BCUT2D eigenvalue weighted by Gasteiger charge is 2.15. The molecule has 0 bridgehead atoms. The van der Waals surface area contributed by atoms with Crippen LogP contribution in [0.15, 0.2) is 42.5 Å². The van der Waals surface area contributed by atoms with E-state index >= 15 is 0 Å². The van der Waals surface area contributed by atoms with Gasteiger partial charge in [0.1, 0.15) is 0 Å². The topological polar surface area (TPSA) is 52.6 Å². The zero-order chi connectivity index (χ0) is 16.8. The van der Waals surface area contributed by atoms with Crippen molar-refractivity contribution in [3.05, 3.63) is 59.2 Å². The summed E-state index contributed by atoms with van der Waals surface area (Å²) in [7, 11) is 0. The van der Waals surface area contributed by atoms with Crippen LogP contribution < -0.4 is 0 Å². The van der Waals surface area contributed by atoms with Crippen molar-refractivity contribution in [2.75, 3.05) is 13.2 Å². The molecule has 2 rings (SSSR count). The number of ether oxygens (including phenoxy) is 2. The van der Waals surface area contributed by atoms with Crippen LogP contribution in [0.1, 0.15) is 40.1 Å². The van der Waals surface area contributed by atoms with E-state index < -0.39 is 11.9 Å². The van der Waals surface area contributed by atoms with Crippen molar-refractivity contribution in [2.45, 2.75) is 20.8 Å². The first-order valence-electron chi connectivity index (χ1n) is 7.61. The Bertz CT molecular complexity index is 666. The van der Waals surface area contributed by atoms with Crippen molar-refractivity contribution in [1.82, 2.24) is 0 Å². The predicted molar refractivity (Wildman–Crippen MR) is 88.5 cm³/mol. The van der Waals surface area contributed by atoms with Crippen LogP contribution in [-0.4, -0.2) is 25.2 Å². The highest BCUT2D eigenvalue weighted by Crippen LogP contribution is 2.24. The lowest BCUT2D eigenvalue weighted by atomic mass is 9.99. The zero-order valence-electron chi connectivity index (χ0n) is 13.6. The SMILES string of the molecule is CCOC(=O)c1cc(C(=O)OCC)cc(-c2ccc(C)cc2)c1. The summed E-state index contributed by atoms with van der Waals surface area (Å²) in [6, 6.07) is 12.8. The summed E-state index contributed by atoms with van der Waals surface area (Å²) in [6.07, 6.45) is 0. The Morgan fingerprint density at radius 2 is 1.26 bits per heavy atom. The van der Waals surface area contributed by atoms with Gasteiger partial charge in [0.25, 0.3) is 0 Å². The molecular formula is C19H20O4. The molecule has 0 heterocycles. The highest BCUT2D eigenvalue weighted by atomic mass is 16.5. The van der Waals surface area contributed by atoms with Gasteiger partial charge in [-0.3, -0.25) is 0 Å². The molecule has 4 heteroatoms. The average Bonchev–Trinajstić information content (AvgIpc) is 2.55. The Morgan fingerprint density at radius 3 is 1.70 bits per heavy atom. The minimum atomic E-state index is -0.452. The van der Waals surface area contributed by atoms with E-state index in [1.807, 2.05) is 31.2 Å². The summed E-state index contributed by atoms with van der Waals surface area (Å²) in [5.74, 6) is -0.904. The number of carbonyl (C=O) groups is 2.